The van der Waals surface area contributed by atoms with Crippen molar-refractivity contribution < 1.29 is 9.90 Å². The van der Waals surface area contributed by atoms with E-state index in [0.29, 0.717) is 12.5 Å². The van der Waals surface area contributed by atoms with Gasteiger partial charge in [0.1, 0.15) is 6.04 Å². The van der Waals surface area contributed by atoms with Crippen LogP contribution < -0.4 is 5.32 Å². The predicted octanol–water partition coefficient (Wildman–Crippen LogP) is 0.945. The third kappa shape index (κ3) is 2.68. The van der Waals surface area contributed by atoms with E-state index >= 15 is 0 Å². The summed E-state index contributed by atoms with van der Waals surface area (Å²) in [6, 6.07) is 0.0600. The molecule has 1 aliphatic heterocycles. The molecule has 0 aromatic heterocycles. The number of carboxylic acids is 1. The lowest BCUT2D eigenvalue weighted by Crippen LogP contribution is -2.42. The summed E-state index contributed by atoms with van der Waals surface area (Å²) in [6.45, 7) is 1.90. The summed E-state index contributed by atoms with van der Waals surface area (Å²) in [5.74, 6) is 1.49. The molecule has 1 saturated heterocycles. The molecule has 1 heterocycles. The summed E-state index contributed by atoms with van der Waals surface area (Å²) in [5, 5.41) is 11.9. The van der Waals surface area contributed by atoms with Crippen molar-refractivity contribution in [2.24, 2.45) is 0 Å². The third-order valence-electron chi connectivity index (χ3n) is 2.07. The van der Waals surface area contributed by atoms with Crippen LogP contribution in [-0.2, 0) is 4.79 Å². The van der Waals surface area contributed by atoms with Crippen LogP contribution in [0, 0.1) is 0 Å². The predicted molar refractivity (Wildman–Crippen MR) is 50.6 cm³/mol. The van der Waals surface area contributed by atoms with Crippen molar-refractivity contribution in [1.29, 1.82) is 0 Å². The van der Waals surface area contributed by atoms with E-state index in [0.717, 1.165) is 17.9 Å². The standard InChI is InChI=1S/C8H15NO2S/c1-2-7(8(10)11)9-6-3-4-12-5-6/h6-7,9H,2-5H2,1H3,(H,10,11). The number of nitrogens with one attached hydrogen (secondary N) is 1. The Labute approximate surface area is 76.9 Å². The Morgan fingerprint density at radius 1 is 1.83 bits per heavy atom. The molecule has 0 bridgehead atoms. The van der Waals surface area contributed by atoms with E-state index in [1.54, 1.807) is 0 Å². The normalized spacial score (nSPS) is 25.6. The second-order valence-electron chi connectivity index (χ2n) is 3.03. The molecule has 0 aromatic carbocycles. The lowest BCUT2D eigenvalue weighted by Gasteiger charge is -2.16. The molecule has 70 valence electrons. The fraction of sp³-hybridized carbons (Fsp3) is 0.875. The zero-order valence-corrected chi connectivity index (χ0v) is 8.06. The van der Waals surface area contributed by atoms with Gasteiger partial charge >= 0.3 is 5.97 Å². The van der Waals surface area contributed by atoms with Crippen molar-refractivity contribution in [3.8, 4) is 0 Å². The molecular weight excluding hydrogens is 174 g/mol. The zero-order valence-electron chi connectivity index (χ0n) is 7.25. The van der Waals surface area contributed by atoms with Gasteiger partial charge < -0.3 is 10.4 Å². The van der Waals surface area contributed by atoms with Crippen LogP contribution in [0.3, 0.4) is 0 Å². The monoisotopic (exact) mass is 189 g/mol. The first-order valence-corrected chi connectivity index (χ1v) is 5.46. The molecule has 4 heteroatoms. The molecular formula is C8H15NO2S. The lowest BCUT2D eigenvalue weighted by molar-refractivity contribution is -0.139. The third-order valence-corrected chi connectivity index (χ3v) is 3.24. The van der Waals surface area contributed by atoms with E-state index in [9.17, 15) is 4.79 Å². The van der Waals surface area contributed by atoms with Gasteiger partial charge in [-0.2, -0.15) is 11.8 Å². The Morgan fingerprint density at radius 2 is 2.58 bits per heavy atom. The summed E-state index contributed by atoms with van der Waals surface area (Å²) < 4.78 is 0. The number of carboxylic acid groups (broad SMARTS) is 1. The van der Waals surface area contributed by atoms with Gasteiger partial charge in [0.25, 0.3) is 0 Å². The number of carbonyl (C=O) groups is 1. The highest BCUT2D eigenvalue weighted by molar-refractivity contribution is 7.99. The van der Waals surface area contributed by atoms with Gasteiger partial charge in [0, 0.05) is 11.8 Å². The van der Waals surface area contributed by atoms with E-state index in [4.69, 9.17) is 5.11 Å². The molecule has 0 radical (unpaired) electrons. The Bertz CT molecular complexity index is 157. The minimum Gasteiger partial charge on any atom is -0.480 e. The Morgan fingerprint density at radius 3 is 3.00 bits per heavy atom. The number of thioether (sulfide) groups is 1. The lowest BCUT2D eigenvalue weighted by atomic mass is 10.2. The van der Waals surface area contributed by atoms with Gasteiger partial charge in [-0.3, -0.25) is 4.79 Å². The zero-order chi connectivity index (χ0) is 8.97. The fourth-order valence-corrected chi connectivity index (χ4v) is 2.48. The molecule has 0 aromatic rings. The summed E-state index contributed by atoms with van der Waals surface area (Å²) in [7, 11) is 0. The van der Waals surface area contributed by atoms with E-state index in [-0.39, 0.29) is 6.04 Å². The molecule has 1 rings (SSSR count). The van der Waals surface area contributed by atoms with Crippen LogP contribution in [-0.4, -0.2) is 34.7 Å². The maximum atomic E-state index is 10.6. The van der Waals surface area contributed by atoms with Gasteiger partial charge in [0.2, 0.25) is 0 Å². The van der Waals surface area contributed by atoms with Crippen LogP contribution in [0.25, 0.3) is 0 Å². The molecule has 2 N–H and O–H groups in total. The molecule has 0 amide bonds. The minimum absolute atomic E-state index is 0.353. The molecule has 12 heavy (non-hydrogen) atoms. The number of hydrogen-bond acceptors (Lipinski definition) is 3. The Kier molecular flexibility index (Phi) is 3.88. The SMILES string of the molecule is CCC(NC1CCSC1)C(=O)O. The summed E-state index contributed by atoms with van der Waals surface area (Å²) in [4.78, 5) is 10.6. The number of hydrogen-bond donors (Lipinski definition) is 2. The molecule has 0 saturated carbocycles. The first kappa shape index (κ1) is 9.86. The highest BCUT2D eigenvalue weighted by atomic mass is 32.2. The van der Waals surface area contributed by atoms with E-state index in [1.165, 1.54) is 0 Å². The van der Waals surface area contributed by atoms with Crippen LogP contribution in [0.4, 0.5) is 0 Å². The molecule has 0 spiro atoms. The van der Waals surface area contributed by atoms with Crippen molar-refractivity contribution in [2.75, 3.05) is 11.5 Å². The maximum absolute atomic E-state index is 10.6. The second-order valence-corrected chi connectivity index (χ2v) is 4.18. The molecule has 1 fully saturated rings. The van der Waals surface area contributed by atoms with Gasteiger partial charge in [-0.25, -0.2) is 0 Å². The summed E-state index contributed by atoms with van der Waals surface area (Å²) in [5.41, 5.74) is 0. The van der Waals surface area contributed by atoms with E-state index in [2.05, 4.69) is 5.32 Å². The quantitative estimate of drug-likeness (QED) is 0.691. The van der Waals surface area contributed by atoms with Crippen LogP contribution >= 0.6 is 11.8 Å². The molecule has 1 aliphatic rings. The highest BCUT2D eigenvalue weighted by Crippen LogP contribution is 2.17. The highest BCUT2D eigenvalue weighted by Gasteiger charge is 2.22. The first-order chi connectivity index (χ1) is 5.74. The topological polar surface area (TPSA) is 49.3 Å². The second kappa shape index (κ2) is 4.72. The van der Waals surface area contributed by atoms with Gasteiger partial charge in [-0.1, -0.05) is 6.92 Å². The van der Waals surface area contributed by atoms with E-state index < -0.39 is 5.97 Å². The average Bonchev–Trinajstić information content (AvgIpc) is 2.51. The van der Waals surface area contributed by atoms with Gasteiger partial charge in [-0.15, -0.1) is 0 Å². The van der Waals surface area contributed by atoms with Crippen molar-refractivity contribution >= 4 is 17.7 Å². The van der Waals surface area contributed by atoms with Crippen molar-refractivity contribution in [2.45, 2.75) is 31.8 Å². The number of aliphatic carboxylic acids is 1. The van der Waals surface area contributed by atoms with Crippen LogP contribution in [0.15, 0.2) is 0 Å². The molecule has 0 aliphatic carbocycles. The van der Waals surface area contributed by atoms with Gasteiger partial charge in [0.15, 0.2) is 0 Å². The Balaban J connectivity index is 2.30. The van der Waals surface area contributed by atoms with Gasteiger partial charge in [0.05, 0.1) is 0 Å². The average molecular weight is 189 g/mol. The van der Waals surface area contributed by atoms with Crippen molar-refractivity contribution in [3.63, 3.8) is 0 Å². The molecule has 2 atom stereocenters. The first-order valence-electron chi connectivity index (χ1n) is 4.30. The molecule has 3 nitrogen and oxygen atoms in total. The van der Waals surface area contributed by atoms with Gasteiger partial charge in [-0.05, 0) is 18.6 Å². The van der Waals surface area contributed by atoms with Crippen molar-refractivity contribution in [3.05, 3.63) is 0 Å². The van der Waals surface area contributed by atoms with Crippen molar-refractivity contribution in [1.82, 2.24) is 5.32 Å². The van der Waals surface area contributed by atoms with Crippen LogP contribution in [0.2, 0.25) is 0 Å². The van der Waals surface area contributed by atoms with Crippen LogP contribution in [0.5, 0.6) is 0 Å². The van der Waals surface area contributed by atoms with E-state index in [1.807, 2.05) is 18.7 Å². The Hall–Kier alpha value is -0.220. The van der Waals surface area contributed by atoms with Crippen LogP contribution in [0.1, 0.15) is 19.8 Å². The molecule has 2 unspecified atom stereocenters. The fourth-order valence-electron chi connectivity index (χ4n) is 1.31. The summed E-state index contributed by atoms with van der Waals surface area (Å²) in [6.07, 6.45) is 1.77. The maximum Gasteiger partial charge on any atom is 0.320 e. The smallest absolute Gasteiger partial charge is 0.320 e. The summed E-state index contributed by atoms with van der Waals surface area (Å²) >= 11 is 1.89. The minimum atomic E-state index is -0.727. The largest absolute Gasteiger partial charge is 0.480 e. The number of rotatable bonds is 4.